The molecule has 0 saturated carbocycles. The summed E-state index contributed by atoms with van der Waals surface area (Å²) in [4.78, 5) is 19.4. The Bertz CT molecular complexity index is 1010. The fraction of sp³-hybridized carbons (Fsp3) is 0.318. The fourth-order valence-corrected chi connectivity index (χ4v) is 3.99. The Hall–Kier alpha value is -3.55. The molecule has 8 nitrogen and oxygen atoms in total. The first kappa shape index (κ1) is 19.8. The summed E-state index contributed by atoms with van der Waals surface area (Å²) in [7, 11) is 4.61. The van der Waals surface area contributed by atoms with E-state index in [1.165, 1.54) is 21.3 Å². The highest BCUT2D eigenvalue weighted by atomic mass is 16.5. The minimum Gasteiger partial charge on any atom is -0.493 e. The maximum Gasteiger partial charge on any atom is 0.254 e. The number of benzene rings is 1. The number of nitrogens with one attached hydrogen (secondary N) is 1. The van der Waals surface area contributed by atoms with Crippen LogP contribution in [-0.2, 0) is 0 Å². The van der Waals surface area contributed by atoms with Crippen LogP contribution >= 0.6 is 0 Å². The SMILES string of the molecule is COc1cc(C(=O)N2CCC[C@@H]2c2[nH]ncc2-c2ccncc2)cc(OC)c1OC. The lowest BCUT2D eigenvalue weighted by Crippen LogP contribution is -2.31. The van der Waals surface area contributed by atoms with E-state index in [0.29, 0.717) is 29.4 Å². The predicted molar refractivity (Wildman–Crippen MR) is 111 cm³/mol. The van der Waals surface area contributed by atoms with Crippen molar-refractivity contribution < 1.29 is 19.0 Å². The number of hydrogen-bond donors (Lipinski definition) is 1. The van der Waals surface area contributed by atoms with Crippen molar-refractivity contribution in [2.75, 3.05) is 27.9 Å². The standard InChI is InChI=1S/C22H24N4O4/c1-28-18-11-15(12-19(29-2)21(18)30-3)22(27)26-10-4-5-17(26)20-16(13-24-25-20)14-6-8-23-9-7-14/h6-9,11-13,17H,4-5,10H2,1-3H3,(H,24,25)/t17-/m1/s1. The van der Waals surface area contributed by atoms with Gasteiger partial charge < -0.3 is 19.1 Å². The molecule has 0 spiro atoms. The van der Waals surface area contributed by atoms with E-state index in [9.17, 15) is 4.79 Å². The van der Waals surface area contributed by atoms with E-state index in [1.807, 2.05) is 17.0 Å². The monoisotopic (exact) mass is 408 g/mol. The largest absolute Gasteiger partial charge is 0.493 e. The van der Waals surface area contributed by atoms with Crippen molar-refractivity contribution in [2.45, 2.75) is 18.9 Å². The zero-order valence-electron chi connectivity index (χ0n) is 17.2. The number of ether oxygens (including phenoxy) is 3. The van der Waals surface area contributed by atoms with E-state index in [4.69, 9.17) is 14.2 Å². The van der Waals surface area contributed by atoms with Gasteiger partial charge in [0.05, 0.1) is 39.3 Å². The van der Waals surface area contributed by atoms with Crippen molar-refractivity contribution in [1.82, 2.24) is 20.1 Å². The molecule has 0 aliphatic carbocycles. The summed E-state index contributed by atoms with van der Waals surface area (Å²) in [5.74, 6) is 1.28. The molecule has 8 heteroatoms. The Morgan fingerprint density at radius 3 is 2.43 bits per heavy atom. The summed E-state index contributed by atoms with van der Waals surface area (Å²) in [6.45, 7) is 0.662. The number of likely N-dealkylation sites (tertiary alicyclic amines) is 1. The number of methoxy groups -OCH3 is 3. The van der Waals surface area contributed by atoms with Crippen LogP contribution < -0.4 is 14.2 Å². The average molecular weight is 408 g/mol. The molecule has 2 aromatic heterocycles. The van der Waals surface area contributed by atoms with E-state index in [2.05, 4.69) is 15.2 Å². The molecule has 1 atom stereocenters. The molecule has 0 unspecified atom stereocenters. The lowest BCUT2D eigenvalue weighted by Gasteiger charge is -2.25. The van der Waals surface area contributed by atoms with Gasteiger partial charge in [-0.2, -0.15) is 5.10 Å². The fourth-order valence-electron chi connectivity index (χ4n) is 3.99. The highest BCUT2D eigenvalue weighted by Gasteiger charge is 2.34. The van der Waals surface area contributed by atoms with Gasteiger partial charge in [0.25, 0.3) is 5.91 Å². The summed E-state index contributed by atoms with van der Waals surface area (Å²) in [5.41, 5.74) is 3.41. The minimum atomic E-state index is -0.0951. The van der Waals surface area contributed by atoms with Crippen molar-refractivity contribution in [3.63, 3.8) is 0 Å². The second-order valence-electron chi connectivity index (χ2n) is 7.00. The van der Waals surface area contributed by atoms with Crippen LogP contribution in [0.3, 0.4) is 0 Å². The number of carbonyl (C=O) groups excluding carboxylic acids is 1. The third-order valence-corrected chi connectivity index (χ3v) is 5.42. The topological polar surface area (TPSA) is 89.6 Å². The van der Waals surface area contributed by atoms with Gasteiger partial charge in [-0.25, -0.2) is 0 Å². The number of amides is 1. The van der Waals surface area contributed by atoms with Gasteiger partial charge in [-0.1, -0.05) is 0 Å². The van der Waals surface area contributed by atoms with Crippen LogP contribution in [0.25, 0.3) is 11.1 Å². The molecule has 3 aromatic rings. The van der Waals surface area contributed by atoms with Gasteiger partial charge in [0.2, 0.25) is 5.75 Å². The Morgan fingerprint density at radius 2 is 1.80 bits per heavy atom. The number of H-pyrrole nitrogens is 1. The number of nitrogens with zero attached hydrogens (tertiary/aromatic N) is 3. The predicted octanol–water partition coefficient (Wildman–Crippen LogP) is 3.47. The maximum atomic E-state index is 13.5. The summed E-state index contributed by atoms with van der Waals surface area (Å²) < 4.78 is 16.2. The van der Waals surface area contributed by atoms with Crippen molar-refractivity contribution in [2.24, 2.45) is 0 Å². The molecule has 156 valence electrons. The average Bonchev–Trinajstić information content (AvgIpc) is 3.47. The molecule has 1 aromatic carbocycles. The molecule has 0 radical (unpaired) electrons. The first-order chi connectivity index (χ1) is 14.7. The summed E-state index contributed by atoms with van der Waals surface area (Å²) in [6, 6.07) is 7.16. The zero-order valence-corrected chi connectivity index (χ0v) is 17.2. The van der Waals surface area contributed by atoms with Crippen LogP contribution in [0.15, 0.2) is 42.9 Å². The Morgan fingerprint density at radius 1 is 1.10 bits per heavy atom. The highest BCUT2D eigenvalue weighted by Crippen LogP contribution is 2.41. The molecular weight excluding hydrogens is 384 g/mol. The number of aromatic nitrogens is 3. The van der Waals surface area contributed by atoms with Crippen molar-refractivity contribution >= 4 is 5.91 Å². The van der Waals surface area contributed by atoms with Gasteiger partial charge in [0.1, 0.15) is 0 Å². The number of carbonyl (C=O) groups is 1. The molecule has 4 rings (SSSR count). The van der Waals surface area contributed by atoms with Gasteiger partial charge in [0, 0.05) is 30.1 Å². The maximum absolute atomic E-state index is 13.5. The molecule has 1 fully saturated rings. The molecule has 1 amide bonds. The van der Waals surface area contributed by atoms with Crippen molar-refractivity contribution in [3.05, 3.63) is 54.1 Å². The van der Waals surface area contributed by atoms with Crippen molar-refractivity contribution in [1.29, 1.82) is 0 Å². The third kappa shape index (κ3) is 3.45. The van der Waals surface area contributed by atoms with Gasteiger partial charge in [-0.3, -0.25) is 14.9 Å². The highest BCUT2D eigenvalue weighted by molar-refractivity contribution is 5.96. The molecule has 3 heterocycles. The zero-order chi connectivity index (χ0) is 21.1. The molecule has 1 saturated heterocycles. The van der Waals surface area contributed by atoms with Crippen LogP contribution in [0.1, 0.15) is 34.9 Å². The second kappa shape index (κ2) is 8.44. The normalized spacial score (nSPS) is 15.8. The number of rotatable bonds is 6. The Labute approximate surface area is 174 Å². The van der Waals surface area contributed by atoms with E-state index in [1.54, 1.807) is 30.7 Å². The van der Waals surface area contributed by atoms with Gasteiger partial charge >= 0.3 is 0 Å². The lowest BCUT2D eigenvalue weighted by atomic mass is 10.0. The smallest absolute Gasteiger partial charge is 0.254 e. The third-order valence-electron chi connectivity index (χ3n) is 5.42. The van der Waals surface area contributed by atoms with Crippen molar-refractivity contribution in [3.8, 4) is 28.4 Å². The van der Waals surface area contributed by atoms with Crippen LogP contribution in [0.2, 0.25) is 0 Å². The molecule has 30 heavy (non-hydrogen) atoms. The Kier molecular flexibility index (Phi) is 5.56. The van der Waals surface area contributed by atoms with Gasteiger partial charge in [-0.05, 0) is 42.7 Å². The van der Waals surface area contributed by atoms with E-state index >= 15 is 0 Å². The molecular formula is C22H24N4O4. The summed E-state index contributed by atoms with van der Waals surface area (Å²) in [6.07, 6.45) is 7.07. The molecule has 1 aliphatic rings. The summed E-state index contributed by atoms with van der Waals surface area (Å²) >= 11 is 0. The number of aromatic amines is 1. The first-order valence-corrected chi connectivity index (χ1v) is 9.72. The lowest BCUT2D eigenvalue weighted by molar-refractivity contribution is 0.0732. The number of hydrogen-bond acceptors (Lipinski definition) is 6. The van der Waals surface area contributed by atoms with E-state index < -0.39 is 0 Å². The quantitative estimate of drug-likeness (QED) is 0.672. The first-order valence-electron chi connectivity index (χ1n) is 9.72. The minimum absolute atomic E-state index is 0.0907. The second-order valence-corrected chi connectivity index (χ2v) is 7.00. The summed E-state index contributed by atoms with van der Waals surface area (Å²) in [5, 5.41) is 7.36. The molecule has 0 bridgehead atoms. The van der Waals surface area contributed by atoms with Crippen LogP contribution in [0, 0.1) is 0 Å². The van der Waals surface area contributed by atoms with Crippen LogP contribution in [-0.4, -0.2) is 53.9 Å². The number of pyridine rings is 1. The van der Waals surface area contributed by atoms with Crippen LogP contribution in [0.4, 0.5) is 0 Å². The van der Waals surface area contributed by atoms with Crippen LogP contribution in [0.5, 0.6) is 17.2 Å². The Balaban J connectivity index is 1.69. The van der Waals surface area contributed by atoms with E-state index in [0.717, 1.165) is 29.7 Å². The van der Waals surface area contributed by atoms with E-state index in [-0.39, 0.29) is 11.9 Å². The van der Waals surface area contributed by atoms with Gasteiger partial charge in [-0.15, -0.1) is 0 Å². The molecule has 1 N–H and O–H groups in total. The molecule has 1 aliphatic heterocycles. The van der Waals surface area contributed by atoms with Gasteiger partial charge in [0.15, 0.2) is 11.5 Å².